The molecule has 4 unspecified atom stereocenters. The summed E-state index contributed by atoms with van der Waals surface area (Å²) in [5.41, 5.74) is 0.578. The van der Waals surface area contributed by atoms with Crippen molar-refractivity contribution >= 4 is 0 Å². The Labute approximate surface area is 89.7 Å². The first-order valence-corrected chi connectivity index (χ1v) is 6.22. The highest BCUT2D eigenvalue weighted by Gasteiger charge is 2.40. The minimum atomic E-state index is 0.578. The van der Waals surface area contributed by atoms with Gasteiger partial charge in [-0.3, -0.25) is 0 Å². The maximum atomic E-state index is 3.52. The summed E-state index contributed by atoms with van der Waals surface area (Å²) in [6.45, 7) is 9.62. The van der Waals surface area contributed by atoms with Gasteiger partial charge in [0.05, 0.1) is 0 Å². The Balaban J connectivity index is 2.72. The molecule has 0 heterocycles. The van der Waals surface area contributed by atoms with E-state index < -0.39 is 0 Å². The van der Waals surface area contributed by atoms with Crippen LogP contribution in [0.1, 0.15) is 53.4 Å². The molecule has 1 saturated carbocycles. The highest BCUT2D eigenvalue weighted by Crippen LogP contribution is 2.46. The van der Waals surface area contributed by atoms with Crippen molar-refractivity contribution in [3.05, 3.63) is 0 Å². The lowest BCUT2D eigenvalue weighted by molar-refractivity contribution is 0.0525. The van der Waals surface area contributed by atoms with Gasteiger partial charge in [0.1, 0.15) is 0 Å². The molecule has 0 amide bonds. The second-order valence-electron chi connectivity index (χ2n) is 5.52. The molecule has 0 radical (unpaired) electrons. The predicted octanol–water partition coefficient (Wildman–Crippen LogP) is 3.45. The zero-order valence-electron chi connectivity index (χ0n) is 10.6. The molecular weight excluding hydrogens is 170 g/mol. The summed E-state index contributed by atoms with van der Waals surface area (Å²) in [4.78, 5) is 0. The third-order valence-corrected chi connectivity index (χ3v) is 4.58. The minimum Gasteiger partial charge on any atom is -0.316 e. The van der Waals surface area contributed by atoms with Crippen molar-refractivity contribution in [2.24, 2.45) is 17.3 Å². The van der Waals surface area contributed by atoms with E-state index in [0.29, 0.717) is 5.41 Å². The van der Waals surface area contributed by atoms with Crippen molar-refractivity contribution in [1.29, 1.82) is 0 Å². The maximum absolute atomic E-state index is 3.52. The lowest BCUT2D eigenvalue weighted by Crippen LogP contribution is -2.49. The lowest BCUT2D eigenvalue weighted by atomic mass is 9.61. The summed E-state index contributed by atoms with van der Waals surface area (Å²) < 4.78 is 0. The first-order chi connectivity index (χ1) is 6.55. The Morgan fingerprint density at radius 3 is 2.50 bits per heavy atom. The van der Waals surface area contributed by atoms with Crippen LogP contribution in [0.4, 0.5) is 0 Å². The second-order valence-corrected chi connectivity index (χ2v) is 5.52. The van der Waals surface area contributed by atoms with E-state index in [4.69, 9.17) is 0 Å². The Morgan fingerprint density at radius 1 is 1.36 bits per heavy atom. The third kappa shape index (κ3) is 2.13. The molecule has 0 saturated heterocycles. The van der Waals surface area contributed by atoms with E-state index in [2.05, 4.69) is 40.1 Å². The zero-order valence-corrected chi connectivity index (χ0v) is 10.6. The number of hydrogen-bond acceptors (Lipinski definition) is 1. The first kappa shape index (κ1) is 12.0. The SMILES string of the molecule is CCCC1(C)CCC(C)C(NC)C1C. The van der Waals surface area contributed by atoms with Gasteiger partial charge >= 0.3 is 0 Å². The summed E-state index contributed by atoms with van der Waals surface area (Å²) in [5.74, 6) is 1.66. The monoisotopic (exact) mass is 197 g/mol. The molecule has 4 atom stereocenters. The van der Waals surface area contributed by atoms with Gasteiger partial charge < -0.3 is 5.32 Å². The normalized spacial score (nSPS) is 43.9. The van der Waals surface area contributed by atoms with E-state index in [0.717, 1.165) is 17.9 Å². The van der Waals surface area contributed by atoms with Crippen molar-refractivity contribution < 1.29 is 0 Å². The topological polar surface area (TPSA) is 12.0 Å². The predicted molar refractivity (Wildman–Crippen MR) is 63.4 cm³/mol. The Kier molecular flexibility index (Phi) is 4.00. The van der Waals surface area contributed by atoms with Gasteiger partial charge in [0.15, 0.2) is 0 Å². The molecule has 0 aliphatic heterocycles. The highest BCUT2D eigenvalue weighted by atomic mass is 14.9. The van der Waals surface area contributed by atoms with Crippen molar-refractivity contribution in [2.75, 3.05) is 7.05 Å². The molecule has 0 aromatic rings. The van der Waals surface area contributed by atoms with Crippen LogP contribution in [-0.2, 0) is 0 Å². The fraction of sp³-hybridized carbons (Fsp3) is 1.00. The van der Waals surface area contributed by atoms with E-state index in [1.165, 1.54) is 25.7 Å². The fourth-order valence-corrected chi connectivity index (χ4v) is 3.35. The van der Waals surface area contributed by atoms with Crippen LogP contribution in [0.5, 0.6) is 0 Å². The Morgan fingerprint density at radius 2 is 2.00 bits per heavy atom. The standard InChI is InChI=1S/C13H27N/c1-6-8-13(4)9-7-10(2)12(14-5)11(13)3/h10-12,14H,6-9H2,1-5H3. The largest absolute Gasteiger partial charge is 0.316 e. The summed E-state index contributed by atoms with van der Waals surface area (Å²) in [6, 6.07) is 0.722. The van der Waals surface area contributed by atoms with Crippen LogP contribution in [0.2, 0.25) is 0 Å². The Hall–Kier alpha value is -0.0400. The Bertz CT molecular complexity index is 178. The number of nitrogens with one attached hydrogen (secondary N) is 1. The summed E-state index contributed by atoms with van der Waals surface area (Å²) >= 11 is 0. The van der Waals surface area contributed by atoms with Crippen LogP contribution in [0.25, 0.3) is 0 Å². The van der Waals surface area contributed by atoms with E-state index >= 15 is 0 Å². The first-order valence-electron chi connectivity index (χ1n) is 6.22. The van der Waals surface area contributed by atoms with Crippen LogP contribution in [0.15, 0.2) is 0 Å². The van der Waals surface area contributed by atoms with Crippen LogP contribution in [0.3, 0.4) is 0 Å². The van der Waals surface area contributed by atoms with Gasteiger partial charge in [0.25, 0.3) is 0 Å². The van der Waals surface area contributed by atoms with Gasteiger partial charge in [-0.1, -0.05) is 34.1 Å². The van der Waals surface area contributed by atoms with Crippen molar-refractivity contribution in [3.63, 3.8) is 0 Å². The molecule has 1 N–H and O–H groups in total. The van der Waals surface area contributed by atoms with Gasteiger partial charge in [-0.2, -0.15) is 0 Å². The van der Waals surface area contributed by atoms with Crippen LogP contribution < -0.4 is 5.32 Å². The average Bonchev–Trinajstić information content (AvgIpc) is 2.14. The quantitative estimate of drug-likeness (QED) is 0.731. The number of hydrogen-bond donors (Lipinski definition) is 1. The van der Waals surface area contributed by atoms with Crippen LogP contribution in [0, 0.1) is 17.3 Å². The summed E-state index contributed by atoms with van der Waals surface area (Å²) in [7, 11) is 2.12. The second kappa shape index (κ2) is 4.65. The van der Waals surface area contributed by atoms with Crippen LogP contribution in [-0.4, -0.2) is 13.1 Å². The molecule has 0 aromatic heterocycles. The van der Waals surface area contributed by atoms with E-state index in [1.54, 1.807) is 0 Å². The van der Waals surface area contributed by atoms with Gasteiger partial charge in [0, 0.05) is 6.04 Å². The smallest absolute Gasteiger partial charge is 0.0120 e. The maximum Gasteiger partial charge on any atom is 0.0120 e. The van der Waals surface area contributed by atoms with Gasteiger partial charge in [-0.25, -0.2) is 0 Å². The number of rotatable bonds is 3. The molecular formula is C13H27N. The fourth-order valence-electron chi connectivity index (χ4n) is 3.35. The molecule has 1 heteroatoms. The molecule has 84 valence electrons. The van der Waals surface area contributed by atoms with E-state index in [9.17, 15) is 0 Å². The molecule has 0 aromatic carbocycles. The van der Waals surface area contributed by atoms with Crippen molar-refractivity contribution in [2.45, 2.75) is 59.4 Å². The lowest BCUT2D eigenvalue weighted by Gasteiger charge is -2.47. The van der Waals surface area contributed by atoms with Gasteiger partial charge in [-0.15, -0.1) is 0 Å². The zero-order chi connectivity index (χ0) is 10.8. The molecule has 0 bridgehead atoms. The molecule has 1 aliphatic rings. The molecule has 1 fully saturated rings. The van der Waals surface area contributed by atoms with Crippen molar-refractivity contribution in [3.8, 4) is 0 Å². The molecule has 1 rings (SSSR count). The summed E-state index contributed by atoms with van der Waals surface area (Å²) in [5, 5.41) is 3.52. The van der Waals surface area contributed by atoms with Crippen LogP contribution >= 0.6 is 0 Å². The van der Waals surface area contributed by atoms with E-state index in [1.807, 2.05) is 0 Å². The average molecular weight is 197 g/mol. The highest BCUT2D eigenvalue weighted by molar-refractivity contribution is 4.94. The molecule has 1 nitrogen and oxygen atoms in total. The summed E-state index contributed by atoms with van der Waals surface area (Å²) in [6.07, 6.45) is 5.53. The van der Waals surface area contributed by atoms with Gasteiger partial charge in [0.2, 0.25) is 0 Å². The van der Waals surface area contributed by atoms with E-state index in [-0.39, 0.29) is 0 Å². The van der Waals surface area contributed by atoms with Crippen molar-refractivity contribution in [1.82, 2.24) is 5.32 Å². The van der Waals surface area contributed by atoms with Gasteiger partial charge in [-0.05, 0) is 43.6 Å². The third-order valence-electron chi connectivity index (χ3n) is 4.58. The molecule has 1 aliphatic carbocycles. The molecule has 0 spiro atoms. The minimum absolute atomic E-state index is 0.578. The molecule has 14 heavy (non-hydrogen) atoms.